The minimum atomic E-state index is -0.143. The van der Waals surface area contributed by atoms with Crippen LogP contribution in [0.1, 0.15) is 36.2 Å². The summed E-state index contributed by atoms with van der Waals surface area (Å²) in [5, 5.41) is 10.0. The predicted octanol–water partition coefficient (Wildman–Crippen LogP) is 3.11. The maximum absolute atomic E-state index is 11.3. The molecule has 0 aromatic heterocycles. The zero-order chi connectivity index (χ0) is 12.8. The molecule has 0 heterocycles. The van der Waals surface area contributed by atoms with Crippen LogP contribution in [-0.4, -0.2) is 17.5 Å². The molecule has 0 amide bonds. The third-order valence-corrected chi connectivity index (χ3v) is 2.48. The zero-order valence-corrected chi connectivity index (χ0v) is 10.3. The van der Waals surface area contributed by atoms with Crippen molar-refractivity contribution in [2.75, 3.05) is 6.61 Å². The average molecular weight is 234 g/mol. The van der Waals surface area contributed by atoms with Gasteiger partial charge in [0.25, 0.3) is 0 Å². The molecule has 17 heavy (non-hydrogen) atoms. The predicted molar refractivity (Wildman–Crippen MR) is 67.8 cm³/mol. The van der Waals surface area contributed by atoms with E-state index in [-0.39, 0.29) is 11.5 Å². The molecular formula is C14H18O3. The fraction of sp³-hybridized carbons (Fsp3) is 0.357. The molecule has 1 N–H and O–H groups in total. The number of phenols is 1. The molecule has 1 aromatic rings. The molecule has 1 aromatic carbocycles. The third kappa shape index (κ3) is 3.09. The van der Waals surface area contributed by atoms with Crippen LogP contribution in [0.15, 0.2) is 24.8 Å². The number of ketones is 1. The summed E-state index contributed by atoms with van der Waals surface area (Å²) in [6.07, 6.45) is 3.20. The fourth-order valence-electron chi connectivity index (χ4n) is 1.68. The van der Waals surface area contributed by atoms with Gasteiger partial charge in [0.15, 0.2) is 5.78 Å². The quantitative estimate of drug-likeness (QED) is 0.607. The monoisotopic (exact) mass is 234 g/mol. The van der Waals surface area contributed by atoms with E-state index in [1.165, 1.54) is 6.92 Å². The van der Waals surface area contributed by atoms with Crippen LogP contribution in [0.2, 0.25) is 0 Å². The maximum Gasteiger partial charge on any atom is 0.163 e. The highest BCUT2D eigenvalue weighted by molar-refractivity contribution is 5.97. The number of ether oxygens (including phenoxy) is 1. The van der Waals surface area contributed by atoms with Gasteiger partial charge in [-0.1, -0.05) is 26.0 Å². The lowest BCUT2D eigenvalue weighted by Gasteiger charge is -2.13. The molecule has 0 bridgehead atoms. The van der Waals surface area contributed by atoms with Crippen molar-refractivity contribution in [3.63, 3.8) is 0 Å². The summed E-state index contributed by atoms with van der Waals surface area (Å²) in [5.41, 5.74) is 1.04. The molecule has 3 nitrogen and oxygen atoms in total. The van der Waals surface area contributed by atoms with E-state index in [1.54, 1.807) is 18.2 Å². The molecule has 0 aliphatic rings. The minimum absolute atomic E-state index is 0.0425. The number of hydrogen-bond donors (Lipinski definition) is 1. The van der Waals surface area contributed by atoms with E-state index in [1.807, 2.05) is 6.92 Å². The van der Waals surface area contributed by atoms with Crippen molar-refractivity contribution in [2.24, 2.45) is 0 Å². The second-order valence-electron chi connectivity index (χ2n) is 3.84. The Kier molecular flexibility index (Phi) is 4.76. The Balaban J connectivity index is 3.18. The number of hydrogen-bond acceptors (Lipinski definition) is 3. The highest BCUT2D eigenvalue weighted by atomic mass is 16.5. The Hall–Kier alpha value is -1.77. The lowest BCUT2D eigenvalue weighted by Crippen LogP contribution is -2.01. The van der Waals surface area contributed by atoms with Gasteiger partial charge in [-0.2, -0.15) is 0 Å². The number of phenolic OH excluding ortho intramolecular Hbond substituents is 1. The van der Waals surface area contributed by atoms with E-state index in [0.717, 1.165) is 6.42 Å². The van der Waals surface area contributed by atoms with Crippen LogP contribution >= 0.6 is 0 Å². The SMILES string of the molecule is C=CCOc1ccc(C(C)=O)c(O)c1CCC. The van der Waals surface area contributed by atoms with Crippen LogP contribution in [0, 0.1) is 0 Å². The fourth-order valence-corrected chi connectivity index (χ4v) is 1.68. The van der Waals surface area contributed by atoms with Gasteiger partial charge in [0.05, 0.1) is 5.56 Å². The largest absolute Gasteiger partial charge is 0.507 e. The van der Waals surface area contributed by atoms with Gasteiger partial charge < -0.3 is 9.84 Å². The minimum Gasteiger partial charge on any atom is -0.507 e. The van der Waals surface area contributed by atoms with E-state index >= 15 is 0 Å². The van der Waals surface area contributed by atoms with Crippen LogP contribution in [0.3, 0.4) is 0 Å². The zero-order valence-electron chi connectivity index (χ0n) is 10.3. The van der Waals surface area contributed by atoms with Crippen molar-refractivity contribution in [1.82, 2.24) is 0 Å². The van der Waals surface area contributed by atoms with Crippen molar-refractivity contribution in [3.05, 3.63) is 35.9 Å². The number of rotatable bonds is 6. The van der Waals surface area contributed by atoms with Gasteiger partial charge in [-0.3, -0.25) is 4.79 Å². The van der Waals surface area contributed by atoms with Gasteiger partial charge in [0.1, 0.15) is 18.1 Å². The van der Waals surface area contributed by atoms with Crippen LogP contribution in [-0.2, 0) is 6.42 Å². The molecule has 0 radical (unpaired) electrons. The van der Waals surface area contributed by atoms with Gasteiger partial charge in [-0.25, -0.2) is 0 Å². The Morgan fingerprint density at radius 1 is 1.53 bits per heavy atom. The Morgan fingerprint density at radius 3 is 2.76 bits per heavy atom. The summed E-state index contributed by atoms with van der Waals surface area (Å²) in [6, 6.07) is 3.32. The summed E-state index contributed by atoms with van der Waals surface area (Å²) in [5.74, 6) is 0.519. The van der Waals surface area contributed by atoms with E-state index in [4.69, 9.17) is 4.74 Å². The van der Waals surface area contributed by atoms with Crippen molar-refractivity contribution in [2.45, 2.75) is 26.7 Å². The number of carbonyl (C=O) groups excluding carboxylic acids is 1. The van der Waals surface area contributed by atoms with Gasteiger partial charge in [-0.15, -0.1) is 0 Å². The third-order valence-electron chi connectivity index (χ3n) is 2.48. The smallest absolute Gasteiger partial charge is 0.163 e. The molecule has 92 valence electrons. The second kappa shape index (κ2) is 6.09. The molecular weight excluding hydrogens is 216 g/mol. The molecule has 0 aliphatic carbocycles. The van der Waals surface area contributed by atoms with Gasteiger partial charge in [0, 0.05) is 5.56 Å². The number of benzene rings is 1. The molecule has 3 heteroatoms. The lowest BCUT2D eigenvalue weighted by atomic mass is 10.0. The Labute approximate surface area is 102 Å². The van der Waals surface area contributed by atoms with Gasteiger partial charge >= 0.3 is 0 Å². The van der Waals surface area contributed by atoms with Gasteiger partial charge in [0.2, 0.25) is 0 Å². The first-order chi connectivity index (χ1) is 8.11. The van der Waals surface area contributed by atoms with E-state index in [0.29, 0.717) is 29.9 Å². The summed E-state index contributed by atoms with van der Waals surface area (Å²) in [4.78, 5) is 11.3. The molecule has 0 aliphatic heterocycles. The first kappa shape index (κ1) is 13.3. The number of aromatic hydroxyl groups is 1. The molecule has 0 fully saturated rings. The first-order valence-electron chi connectivity index (χ1n) is 5.71. The van der Waals surface area contributed by atoms with Crippen molar-refractivity contribution >= 4 is 5.78 Å². The number of Topliss-reactive ketones (excluding diaryl/α,β-unsaturated/α-hetero) is 1. The Morgan fingerprint density at radius 2 is 2.24 bits per heavy atom. The van der Waals surface area contributed by atoms with Crippen molar-refractivity contribution in [3.8, 4) is 11.5 Å². The van der Waals surface area contributed by atoms with Crippen molar-refractivity contribution < 1.29 is 14.6 Å². The topological polar surface area (TPSA) is 46.5 Å². The summed E-state index contributed by atoms with van der Waals surface area (Å²) in [7, 11) is 0. The summed E-state index contributed by atoms with van der Waals surface area (Å²) in [6.45, 7) is 7.41. The molecule has 0 unspecified atom stereocenters. The maximum atomic E-state index is 11.3. The average Bonchev–Trinajstić information content (AvgIpc) is 2.29. The lowest BCUT2D eigenvalue weighted by molar-refractivity contribution is 0.101. The van der Waals surface area contributed by atoms with Crippen LogP contribution in [0.5, 0.6) is 11.5 Å². The van der Waals surface area contributed by atoms with Crippen LogP contribution in [0.4, 0.5) is 0 Å². The van der Waals surface area contributed by atoms with Crippen LogP contribution < -0.4 is 4.74 Å². The number of carbonyl (C=O) groups is 1. The molecule has 1 rings (SSSR count). The second-order valence-corrected chi connectivity index (χ2v) is 3.84. The van der Waals surface area contributed by atoms with Crippen molar-refractivity contribution in [1.29, 1.82) is 0 Å². The van der Waals surface area contributed by atoms with E-state index in [2.05, 4.69) is 6.58 Å². The molecule has 0 spiro atoms. The van der Waals surface area contributed by atoms with Crippen LogP contribution in [0.25, 0.3) is 0 Å². The summed E-state index contributed by atoms with van der Waals surface area (Å²) >= 11 is 0. The standard InChI is InChI=1S/C14H18O3/c1-4-6-12-13(17-9-5-2)8-7-11(10(3)15)14(12)16/h5,7-8,16H,2,4,6,9H2,1,3H3. The highest BCUT2D eigenvalue weighted by Gasteiger charge is 2.15. The molecule has 0 saturated heterocycles. The Bertz CT molecular complexity index is 422. The summed E-state index contributed by atoms with van der Waals surface area (Å²) < 4.78 is 5.47. The first-order valence-corrected chi connectivity index (χ1v) is 5.71. The molecule has 0 saturated carbocycles. The normalized spacial score (nSPS) is 10.0. The van der Waals surface area contributed by atoms with Gasteiger partial charge in [-0.05, 0) is 25.5 Å². The highest BCUT2D eigenvalue weighted by Crippen LogP contribution is 2.32. The van der Waals surface area contributed by atoms with E-state index in [9.17, 15) is 9.90 Å². The van der Waals surface area contributed by atoms with E-state index < -0.39 is 0 Å². The molecule has 0 atom stereocenters.